The Hall–Kier alpha value is -2.69. The molecule has 10 heteroatoms. The van der Waals surface area contributed by atoms with E-state index in [4.69, 9.17) is 4.74 Å². The Bertz CT molecular complexity index is 1140. The zero-order valence-electron chi connectivity index (χ0n) is 18.3. The topological polar surface area (TPSA) is 54.9 Å². The summed E-state index contributed by atoms with van der Waals surface area (Å²) in [5.41, 5.74) is 3.00. The van der Waals surface area contributed by atoms with Gasteiger partial charge in [0, 0.05) is 37.8 Å². The molecule has 4 rings (SSSR count). The van der Waals surface area contributed by atoms with Crippen LogP contribution in [0.1, 0.15) is 21.5 Å². The molecule has 0 N–H and O–H groups in total. The number of nitrogens with zero attached hydrogens (tertiary/aromatic N) is 3. The van der Waals surface area contributed by atoms with Crippen molar-refractivity contribution in [3.8, 4) is 5.75 Å². The van der Waals surface area contributed by atoms with Gasteiger partial charge in [0.1, 0.15) is 5.75 Å². The molecule has 33 heavy (non-hydrogen) atoms. The molecule has 1 saturated heterocycles. The van der Waals surface area contributed by atoms with Gasteiger partial charge in [-0.15, -0.1) is 13.2 Å². The lowest BCUT2D eigenvalue weighted by Gasteiger charge is -2.29. The van der Waals surface area contributed by atoms with E-state index in [1.165, 1.54) is 29.5 Å². The van der Waals surface area contributed by atoms with Crippen LogP contribution in [-0.4, -0.2) is 61.5 Å². The average molecular weight is 480 g/mol. The van der Waals surface area contributed by atoms with Gasteiger partial charge in [-0.1, -0.05) is 29.0 Å². The summed E-state index contributed by atoms with van der Waals surface area (Å²) >= 11 is 1.17. The van der Waals surface area contributed by atoms with E-state index in [2.05, 4.69) is 14.6 Å². The van der Waals surface area contributed by atoms with E-state index in [0.717, 1.165) is 24.2 Å². The Morgan fingerprint density at radius 1 is 1.18 bits per heavy atom. The van der Waals surface area contributed by atoms with E-state index in [-0.39, 0.29) is 11.7 Å². The number of halogens is 3. The van der Waals surface area contributed by atoms with Crippen molar-refractivity contribution in [2.45, 2.75) is 20.2 Å². The van der Waals surface area contributed by atoms with Crippen LogP contribution in [0.3, 0.4) is 0 Å². The highest BCUT2D eigenvalue weighted by molar-refractivity contribution is 7.22. The minimum absolute atomic E-state index is 0.188. The van der Waals surface area contributed by atoms with Crippen molar-refractivity contribution in [3.05, 3.63) is 53.1 Å². The molecule has 1 aromatic heterocycles. The molecule has 0 unspecified atom stereocenters. The fourth-order valence-corrected chi connectivity index (χ4v) is 4.77. The van der Waals surface area contributed by atoms with Crippen LogP contribution in [0.15, 0.2) is 36.4 Å². The van der Waals surface area contributed by atoms with Crippen molar-refractivity contribution in [2.75, 3.05) is 44.3 Å². The van der Waals surface area contributed by atoms with E-state index < -0.39 is 6.36 Å². The first-order valence-corrected chi connectivity index (χ1v) is 11.4. The van der Waals surface area contributed by atoms with Crippen LogP contribution in [0.5, 0.6) is 5.75 Å². The van der Waals surface area contributed by atoms with E-state index in [0.29, 0.717) is 47.2 Å². The second-order valence-electron chi connectivity index (χ2n) is 7.90. The Balaban J connectivity index is 1.65. The number of morpholine rings is 1. The van der Waals surface area contributed by atoms with Gasteiger partial charge < -0.3 is 9.47 Å². The largest absolute Gasteiger partial charge is 0.573 e. The molecule has 6 nitrogen and oxygen atoms in total. The number of fused-ring (bicyclic) bond motifs is 1. The van der Waals surface area contributed by atoms with Crippen LogP contribution in [0.2, 0.25) is 0 Å². The summed E-state index contributed by atoms with van der Waals surface area (Å²) in [5, 5.41) is 0.437. The molecular weight excluding hydrogens is 455 g/mol. The standard InChI is InChI=1S/C23H24F3N3O3S/c1-15-3-5-18(16(2)13-15)21(30)29(8-7-28-9-11-31-12-10-28)22-27-19-6-4-17(14-20(19)33-22)32-23(24,25)26/h3-6,13-14H,7-12H2,1-2H3. The molecule has 0 spiro atoms. The quantitative estimate of drug-likeness (QED) is 0.509. The van der Waals surface area contributed by atoms with Crippen LogP contribution in [0.25, 0.3) is 10.2 Å². The third kappa shape index (κ3) is 5.82. The van der Waals surface area contributed by atoms with E-state index in [1.807, 2.05) is 26.0 Å². The summed E-state index contributed by atoms with van der Waals surface area (Å²) in [6.45, 7) is 7.75. The van der Waals surface area contributed by atoms with E-state index in [9.17, 15) is 18.0 Å². The molecule has 176 valence electrons. The first-order valence-electron chi connectivity index (χ1n) is 10.6. The zero-order valence-corrected chi connectivity index (χ0v) is 19.1. The van der Waals surface area contributed by atoms with Gasteiger partial charge in [-0.2, -0.15) is 0 Å². The number of anilines is 1. The number of hydrogen-bond donors (Lipinski definition) is 0. The number of ether oxygens (including phenoxy) is 2. The lowest BCUT2D eigenvalue weighted by atomic mass is 10.0. The fourth-order valence-electron chi connectivity index (χ4n) is 3.75. The van der Waals surface area contributed by atoms with Gasteiger partial charge in [-0.3, -0.25) is 14.6 Å². The molecule has 0 bridgehead atoms. The van der Waals surface area contributed by atoms with Gasteiger partial charge in [0.25, 0.3) is 5.91 Å². The fraction of sp³-hybridized carbons (Fsp3) is 0.391. The Labute approximate surface area is 193 Å². The van der Waals surface area contributed by atoms with Crippen LogP contribution in [0, 0.1) is 13.8 Å². The predicted octanol–water partition coefficient (Wildman–Crippen LogP) is 4.79. The van der Waals surface area contributed by atoms with Crippen molar-refractivity contribution >= 4 is 32.6 Å². The molecule has 1 aliphatic rings. The number of carbonyl (C=O) groups excluding carboxylic acids is 1. The van der Waals surface area contributed by atoms with Crippen LogP contribution >= 0.6 is 11.3 Å². The first kappa shape index (κ1) is 23.5. The number of benzene rings is 2. The second-order valence-corrected chi connectivity index (χ2v) is 8.91. The molecule has 1 aliphatic heterocycles. The van der Waals surface area contributed by atoms with Gasteiger partial charge in [-0.05, 0) is 37.6 Å². The average Bonchev–Trinajstić information content (AvgIpc) is 3.16. The van der Waals surface area contributed by atoms with Crippen molar-refractivity contribution < 1.29 is 27.4 Å². The van der Waals surface area contributed by atoms with Gasteiger partial charge in [0.2, 0.25) is 0 Å². The molecule has 0 saturated carbocycles. The minimum atomic E-state index is -4.77. The zero-order chi connectivity index (χ0) is 23.6. The third-order valence-corrected chi connectivity index (χ3v) is 6.46. The van der Waals surface area contributed by atoms with Crippen molar-refractivity contribution in [3.63, 3.8) is 0 Å². The number of alkyl halides is 3. The predicted molar refractivity (Wildman–Crippen MR) is 121 cm³/mol. The van der Waals surface area contributed by atoms with Crippen molar-refractivity contribution in [2.24, 2.45) is 0 Å². The summed E-state index contributed by atoms with van der Waals surface area (Å²) in [6, 6.07) is 9.64. The molecule has 1 fully saturated rings. The number of rotatable bonds is 6. The first-order chi connectivity index (χ1) is 15.7. The van der Waals surface area contributed by atoms with Crippen molar-refractivity contribution in [1.29, 1.82) is 0 Å². The number of aryl methyl sites for hydroxylation is 2. The van der Waals surface area contributed by atoms with Crippen LogP contribution in [-0.2, 0) is 4.74 Å². The van der Waals surface area contributed by atoms with Gasteiger partial charge >= 0.3 is 6.36 Å². The lowest BCUT2D eigenvalue weighted by Crippen LogP contribution is -2.43. The maximum Gasteiger partial charge on any atom is 0.573 e. The molecule has 0 radical (unpaired) electrons. The molecule has 2 heterocycles. The number of aromatic nitrogens is 1. The van der Waals surface area contributed by atoms with Gasteiger partial charge in [0.05, 0.1) is 23.4 Å². The van der Waals surface area contributed by atoms with Crippen LogP contribution in [0.4, 0.5) is 18.3 Å². The Kier molecular flexibility index (Phi) is 6.87. The SMILES string of the molecule is Cc1ccc(C(=O)N(CCN2CCOCC2)c2nc3ccc(OC(F)(F)F)cc3s2)c(C)c1. The highest BCUT2D eigenvalue weighted by atomic mass is 32.1. The number of thiazole rings is 1. The molecule has 3 aromatic rings. The minimum Gasteiger partial charge on any atom is -0.406 e. The molecule has 1 amide bonds. The molecular formula is C23H24F3N3O3S. The maximum atomic E-state index is 13.6. The Morgan fingerprint density at radius 3 is 2.64 bits per heavy atom. The molecule has 0 atom stereocenters. The molecule has 2 aromatic carbocycles. The summed E-state index contributed by atoms with van der Waals surface area (Å²) in [4.78, 5) is 21.9. The molecule has 0 aliphatic carbocycles. The van der Waals surface area contributed by atoms with E-state index in [1.54, 1.807) is 11.0 Å². The lowest BCUT2D eigenvalue weighted by molar-refractivity contribution is -0.274. The third-order valence-electron chi connectivity index (χ3n) is 5.41. The maximum absolute atomic E-state index is 13.6. The highest BCUT2D eigenvalue weighted by Crippen LogP contribution is 2.34. The van der Waals surface area contributed by atoms with E-state index >= 15 is 0 Å². The summed E-state index contributed by atoms with van der Waals surface area (Å²) in [7, 11) is 0. The second kappa shape index (κ2) is 9.66. The summed E-state index contributed by atoms with van der Waals surface area (Å²) in [5.74, 6) is -0.502. The van der Waals surface area contributed by atoms with Crippen molar-refractivity contribution in [1.82, 2.24) is 9.88 Å². The van der Waals surface area contributed by atoms with Crippen LogP contribution < -0.4 is 9.64 Å². The highest BCUT2D eigenvalue weighted by Gasteiger charge is 2.31. The Morgan fingerprint density at radius 2 is 1.94 bits per heavy atom. The van der Waals surface area contributed by atoms with Gasteiger partial charge in [0.15, 0.2) is 5.13 Å². The normalized spacial score (nSPS) is 15.1. The smallest absolute Gasteiger partial charge is 0.406 e. The number of amides is 1. The van der Waals surface area contributed by atoms with Gasteiger partial charge in [-0.25, -0.2) is 4.98 Å². The summed E-state index contributed by atoms with van der Waals surface area (Å²) < 4.78 is 47.8. The summed E-state index contributed by atoms with van der Waals surface area (Å²) in [6.07, 6.45) is -4.77. The number of hydrogen-bond acceptors (Lipinski definition) is 6. The number of carbonyl (C=O) groups is 1. The monoisotopic (exact) mass is 479 g/mol.